The molecular formula is C37H26BrNO3. The number of halogens is 1. The molecule has 0 unspecified atom stereocenters. The zero-order valence-corrected chi connectivity index (χ0v) is 24.2. The number of hydrogen-bond acceptors (Lipinski definition) is 3. The van der Waals surface area contributed by atoms with E-state index in [2.05, 4.69) is 52.3 Å². The third-order valence-corrected chi connectivity index (χ3v) is 8.91. The first-order valence-electron chi connectivity index (χ1n) is 13.8. The van der Waals surface area contributed by atoms with E-state index in [1.807, 2.05) is 108 Å². The quantitative estimate of drug-likeness (QED) is 0.149. The predicted molar refractivity (Wildman–Crippen MR) is 168 cm³/mol. The van der Waals surface area contributed by atoms with Gasteiger partial charge >= 0.3 is 5.97 Å². The van der Waals surface area contributed by atoms with Crippen LogP contribution in [0.25, 0.3) is 5.57 Å². The Labute approximate surface area is 253 Å². The summed E-state index contributed by atoms with van der Waals surface area (Å²) in [5.41, 5.74) is 3.10. The number of anilines is 1. The van der Waals surface area contributed by atoms with Crippen LogP contribution in [-0.4, -0.2) is 11.9 Å². The molecule has 0 saturated carbocycles. The topological polar surface area (TPSA) is 46.6 Å². The molecule has 0 N–H and O–H groups in total. The molecule has 0 aromatic heterocycles. The monoisotopic (exact) mass is 611 g/mol. The Bertz CT molecular complexity index is 1720. The first-order chi connectivity index (χ1) is 20.6. The highest BCUT2D eigenvalue weighted by Gasteiger charge is 2.62. The number of rotatable bonds is 5. The van der Waals surface area contributed by atoms with Crippen molar-refractivity contribution in [2.24, 2.45) is 0 Å². The van der Waals surface area contributed by atoms with E-state index < -0.39 is 17.1 Å². The van der Waals surface area contributed by atoms with Crippen LogP contribution in [0.5, 0.6) is 0 Å². The van der Waals surface area contributed by atoms with Crippen molar-refractivity contribution in [3.8, 4) is 0 Å². The van der Waals surface area contributed by atoms with Crippen molar-refractivity contribution in [1.82, 2.24) is 0 Å². The van der Waals surface area contributed by atoms with E-state index in [0.29, 0.717) is 15.7 Å². The summed E-state index contributed by atoms with van der Waals surface area (Å²) in [6.45, 7) is 0. The molecule has 2 aliphatic heterocycles. The van der Waals surface area contributed by atoms with Gasteiger partial charge in [0.1, 0.15) is 5.54 Å². The van der Waals surface area contributed by atoms with Gasteiger partial charge in [0.05, 0.1) is 5.69 Å². The molecule has 0 fully saturated rings. The van der Waals surface area contributed by atoms with Gasteiger partial charge in [-0.25, -0.2) is 4.79 Å². The van der Waals surface area contributed by atoms with Gasteiger partial charge in [-0.15, -0.1) is 0 Å². The number of benzene rings is 5. The summed E-state index contributed by atoms with van der Waals surface area (Å²) in [4.78, 5) is 30.6. The van der Waals surface area contributed by atoms with E-state index in [0.717, 1.165) is 27.8 Å². The molecule has 0 saturated heterocycles. The summed E-state index contributed by atoms with van der Waals surface area (Å²) < 4.78 is 6.91. The standard InChI is InChI=1S/C37H26BrNO3/c38-31-22-13-23-32-34(31)36(25-27(24-33(40)42-36)26-14-5-1-6-15-26)35(41)39(32)37(28-16-7-2-8-17-28,29-18-9-3-10-19-29)30-20-11-4-12-21-30/h1-24H,25H2/t36-/m0/s1. The molecule has 42 heavy (non-hydrogen) atoms. The van der Waals surface area contributed by atoms with Gasteiger partial charge < -0.3 is 4.74 Å². The summed E-state index contributed by atoms with van der Waals surface area (Å²) >= 11 is 3.75. The SMILES string of the molecule is O=C1C=C(c2ccccc2)C[C@@]2(O1)C(=O)N(C(c1ccccc1)(c1ccccc1)c1ccccc1)c1cccc(Br)c12. The molecule has 2 heterocycles. The van der Waals surface area contributed by atoms with Gasteiger partial charge in [-0.1, -0.05) is 143 Å². The lowest BCUT2D eigenvalue weighted by Crippen LogP contribution is -2.55. The molecule has 1 amide bonds. The second-order valence-corrected chi connectivity index (χ2v) is 11.4. The van der Waals surface area contributed by atoms with Crippen molar-refractivity contribution < 1.29 is 14.3 Å². The van der Waals surface area contributed by atoms with E-state index in [4.69, 9.17) is 4.74 Å². The lowest BCUT2D eigenvalue weighted by atomic mass is 9.75. The van der Waals surface area contributed by atoms with E-state index in [1.165, 1.54) is 6.08 Å². The Balaban J connectivity index is 1.55. The number of amides is 1. The molecule has 0 aliphatic carbocycles. The van der Waals surface area contributed by atoms with Crippen LogP contribution >= 0.6 is 15.9 Å². The van der Waals surface area contributed by atoms with Crippen molar-refractivity contribution in [2.45, 2.75) is 17.6 Å². The summed E-state index contributed by atoms with van der Waals surface area (Å²) in [6.07, 6.45) is 1.72. The maximum Gasteiger partial charge on any atom is 0.332 e. The second-order valence-electron chi connectivity index (χ2n) is 10.5. The number of ether oxygens (including phenoxy) is 1. The minimum Gasteiger partial charge on any atom is -0.440 e. The Morgan fingerprint density at radius 2 is 1.14 bits per heavy atom. The zero-order valence-electron chi connectivity index (χ0n) is 22.6. The van der Waals surface area contributed by atoms with E-state index >= 15 is 4.79 Å². The fourth-order valence-corrected chi connectivity index (χ4v) is 7.23. The minimum absolute atomic E-state index is 0.210. The Kier molecular flexibility index (Phi) is 6.40. The maximum absolute atomic E-state index is 15.4. The number of carbonyl (C=O) groups is 2. The van der Waals surface area contributed by atoms with Crippen molar-refractivity contribution in [3.63, 3.8) is 0 Å². The number of nitrogens with zero attached hydrogens (tertiary/aromatic N) is 1. The van der Waals surface area contributed by atoms with Crippen LogP contribution in [0, 0.1) is 0 Å². The lowest BCUT2D eigenvalue weighted by Gasteiger charge is -2.44. The van der Waals surface area contributed by atoms with Gasteiger partial charge in [0.25, 0.3) is 5.91 Å². The molecular weight excluding hydrogens is 586 g/mol. The maximum atomic E-state index is 15.4. The van der Waals surface area contributed by atoms with Crippen LogP contribution in [0.3, 0.4) is 0 Å². The molecule has 5 heteroatoms. The number of carbonyl (C=O) groups excluding carboxylic acids is 2. The van der Waals surface area contributed by atoms with Crippen LogP contribution in [0.4, 0.5) is 5.69 Å². The second kappa shape index (κ2) is 10.3. The fraction of sp³-hybridized carbons (Fsp3) is 0.0811. The van der Waals surface area contributed by atoms with E-state index in [9.17, 15) is 4.79 Å². The molecule has 1 spiro atoms. The van der Waals surface area contributed by atoms with Crippen molar-refractivity contribution in [2.75, 3.05) is 4.90 Å². The summed E-state index contributed by atoms with van der Waals surface area (Å²) in [6, 6.07) is 45.7. The predicted octanol–water partition coefficient (Wildman–Crippen LogP) is 8.01. The van der Waals surface area contributed by atoms with Crippen molar-refractivity contribution in [1.29, 1.82) is 0 Å². The van der Waals surface area contributed by atoms with Crippen molar-refractivity contribution >= 4 is 39.1 Å². The minimum atomic E-state index is -1.56. The first-order valence-corrected chi connectivity index (χ1v) is 14.6. The zero-order chi connectivity index (χ0) is 28.7. The van der Waals surface area contributed by atoms with Gasteiger partial charge in [-0.05, 0) is 40.0 Å². The summed E-state index contributed by atoms with van der Waals surface area (Å²) in [5.74, 6) is -0.836. The highest BCUT2D eigenvalue weighted by atomic mass is 79.9. The highest BCUT2D eigenvalue weighted by molar-refractivity contribution is 9.10. The summed E-state index contributed by atoms with van der Waals surface area (Å²) in [5, 5.41) is 0. The first kappa shape index (κ1) is 26.2. The van der Waals surface area contributed by atoms with Crippen LogP contribution in [0.2, 0.25) is 0 Å². The molecule has 1 atom stereocenters. The van der Waals surface area contributed by atoms with Gasteiger partial charge in [0.15, 0.2) is 0 Å². The Morgan fingerprint density at radius 3 is 1.67 bits per heavy atom. The molecule has 204 valence electrons. The van der Waals surface area contributed by atoms with E-state index in [1.54, 1.807) is 0 Å². The smallest absolute Gasteiger partial charge is 0.332 e. The van der Waals surface area contributed by atoms with Gasteiger partial charge in [-0.2, -0.15) is 0 Å². The average molecular weight is 613 g/mol. The molecule has 0 bridgehead atoms. The third kappa shape index (κ3) is 3.88. The van der Waals surface area contributed by atoms with Crippen molar-refractivity contribution in [3.05, 3.63) is 178 Å². The number of hydrogen-bond donors (Lipinski definition) is 0. The molecule has 5 aromatic carbocycles. The number of esters is 1. The molecule has 0 radical (unpaired) electrons. The van der Waals surface area contributed by atoms with Crippen LogP contribution < -0.4 is 4.90 Å². The normalized spacial score (nSPS) is 18.0. The van der Waals surface area contributed by atoms with Gasteiger partial charge in [-0.3, -0.25) is 9.69 Å². The third-order valence-electron chi connectivity index (χ3n) is 8.25. The fourth-order valence-electron chi connectivity index (χ4n) is 6.55. The molecule has 5 aromatic rings. The summed E-state index contributed by atoms with van der Waals surface area (Å²) in [7, 11) is 0. The molecule has 2 aliphatic rings. The average Bonchev–Trinajstić information content (AvgIpc) is 3.27. The Morgan fingerprint density at radius 1 is 0.643 bits per heavy atom. The number of fused-ring (bicyclic) bond motifs is 2. The Hall–Kier alpha value is -4.74. The van der Waals surface area contributed by atoms with E-state index in [-0.39, 0.29) is 12.3 Å². The largest absolute Gasteiger partial charge is 0.440 e. The molecule has 7 rings (SSSR count). The highest BCUT2D eigenvalue weighted by Crippen LogP contribution is 2.57. The van der Waals surface area contributed by atoms with Crippen LogP contribution in [-0.2, 0) is 25.5 Å². The van der Waals surface area contributed by atoms with Crippen LogP contribution in [0.15, 0.2) is 150 Å². The van der Waals surface area contributed by atoms with Gasteiger partial charge in [0.2, 0.25) is 5.60 Å². The van der Waals surface area contributed by atoms with Crippen LogP contribution in [0.1, 0.15) is 34.2 Å². The molecule has 4 nitrogen and oxygen atoms in total. The lowest BCUT2D eigenvalue weighted by molar-refractivity contribution is -0.164. The van der Waals surface area contributed by atoms with Gasteiger partial charge in [0, 0.05) is 22.5 Å².